The number of thiazole rings is 1. The molecule has 0 bridgehead atoms. The Morgan fingerprint density at radius 3 is 2.88 bits per heavy atom. The lowest BCUT2D eigenvalue weighted by atomic mass is 10.1. The lowest BCUT2D eigenvalue weighted by molar-refractivity contribution is 0.0950. The molecule has 1 aromatic heterocycles. The van der Waals surface area contributed by atoms with Crippen molar-refractivity contribution in [3.63, 3.8) is 0 Å². The van der Waals surface area contributed by atoms with Gasteiger partial charge in [-0.05, 0) is 18.6 Å². The Bertz CT molecular complexity index is 536. The maximum atomic E-state index is 11.9. The molecular weight excluding hydrogens is 234 g/mol. The lowest BCUT2D eigenvalue weighted by Crippen LogP contribution is -2.23. The number of nitrogens with zero attached hydrogens (tertiary/aromatic N) is 1. The van der Waals surface area contributed by atoms with Crippen molar-refractivity contribution < 1.29 is 4.79 Å². The molecule has 1 heterocycles. The van der Waals surface area contributed by atoms with Gasteiger partial charge in [0, 0.05) is 10.9 Å². The molecule has 0 aliphatic rings. The van der Waals surface area contributed by atoms with E-state index < -0.39 is 0 Å². The van der Waals surface area contributed by atoms with Crippen molar-refractivity contribution in [3.05, 3.63) is 46.5 Å². The molecule has 0 fully saturated rings. The summed E-state index contributed by atoms with van der Waals surface area (Å²) in [4.78, 5) is 16.0. The molecule has 5 heteroatoms. The summed E-state index contributed by atoms with van der Waals surface area (Å²) in [5.74, 6) is -0.0883. The molecule has 0 radical (unpaired) electrons. The van der Waals surface area contributed by atoms with E-state index in [1.807, 2.05) is 30.5 Å². The zero-order valence-electron chi connectivity index (χ0n) is 9.43. The molecule has 0 unspecified atom stereocenters. The third-order valence-electron chi connectivity index (χ3n) is 2.39. The van der Waals surface area contributed by atoms with Gasteiger partial charge in [-0.1, -0.05) is 18.2 Å². The molecule has 0 aliphatic carbocycles. The van der Waals surface area contributed by atoms with Gasteiger partial charge in [0.1, 0.15) is 0 Å². The summed E-state index contributed by atoms with van der Waals surface area (Å²) in [6, 6.07) is 7.48. The van der Waals surface area contributed by atoms with Gasteiger partial charge in [-0.2, -0.15) is 0 Å². The minimum Gasteiger partial charge on any atom is -0.375 e. The highest BCUT2D eigenvalue weighted by Crippen LogP contribution is 2.11. The Hall–Kier alpha value is -1.88. The quantitative estimate of drug-likeness (QED) is 0.871. The average molecular weight is 247 g/mol. The van der Waals surface area contributed by atoms with Crippen molar-refractivity contribution >= 4 is 22.4 Å². The van der Waals surface area contributed by atoms with Crippen LogP contribution in [0.4, 0.5) is 5.13 Å². The summed E-state index contributed by atoms with van der Waals surface area (Å²) in [6.45, 7) is 2.32. The highest BCUT2D eigenvalue weighted by atomic mass is 32.1. The van der Waals surface area contributed by atoms with E-state index in [4.69, 9.17) is 5.73 Å². The summed E-state index contributed by atoms with van der Waals surface area (Å²) in [5, 5.41) is 5.18. The van der Waals surface area contributed by atoms with Crippen molar-refractivity contribution in [2.24, 2.45) is 0 Å². The van der Waals surface area contributed by atoms with Crippen LogP contribution in [0.1, 0.15) is 21.6 Å². The third kappa shape index (κ3) is 2.82. The molecule has 0 saturated heterocycles. The zero-order valence-corrected chi connectivity index (χ0v) is 10.3. The van der Waals surface area contributed by atoms with Crippen LogP contribution in [0.15, 0.2) is 29.6 Å². The molecule has 1 aromatic carbocycles. The van der Waals surface area contributed by atoms with Crippen molar-refractivity contribution in [1.82, 2.24) is 10.3 Å². The van der Waals surface area contributed by atoms with Crippen molar-refractivity contribution in [2.75, 3.05) is 5.73 Å². The second-order valence-corrected chi connectivity index (χ2v) is 4.56. The average Bonchev–Trinajstić information content (AvgIpc) is 2.73. The molecule has 4 nitrogen and oxygen atoms in total. The van der Waals surface area contributed by atoms with E-state index >= 15 is 0 Å². The number of benzene rings is 1. The summed E-state index contributed by atoms with van der Waals surface area (Å²) in [7, 11) is 0. The molecule has 3 N–H and O–H groups in total. The third-order valence-corrected chi connectivity index (χ3v) is 3.11. The molecule has 0 aliphatic heterocycles. The fourth-order valence-corrected chi connectivity index (χ4v) is 2.06. The van der Waals surface area contributed by atoms with Gasteiger partial charge in [0.05, 0.1) is 12.2 Å². The molecular formula is C12H13N3OS. The Kier molecular flexibility index (Phi) is 3.39. The molecule has 0 saturated carbocycles. The van der Waals surface area contributed by atoms with E-state index in [-0.39, 0.29) is 5.91 Å². The number of carbonyl (C=O) groups excluding carboxylic acids is 1. The van der Waals surface area contributed by atoms with Crippen LogP contribution in [0.5, 0.6) is 0 Å². The van der Waals surface area contributed by atoms with Crippen molar-refractivity contribution in [1.29, 1.82) is 0 Å². The Morgan fingerprint density at radius 2 is 2.24 bits per heavy atom. The van der Waals surface area contributed by atoms with Gasteiger partial charge in [0.15, 0.2) is 5.13 Å². The van der Waals surface area contributed by atoms with Crippen LogP contribution in [0.3, 0.4) is 0 Å². The van der Waals surface area contributed by atoms with Crippen molar-refractivity contribution in [3.8, 4) is 0 Å². The molecule has 2 aromatic rings. The molecule has 1 amide bonds. The van der Waals surface area contributed by atoms with Crippen LogP contribution >= 0.6 is 11.3 Å². The maximum absolute atomic E-state index is 11.9. The highest BCUT2D eigenvalue weighted by molar-refractivity contribution is 7.13. The van der Waals surface area contributed by atoms with Gasteiger partial charge in [-0.25, -0.2) is 4.98 Å². The Balaban J connectivity index is 2.01. The van der Waals surface area contributed by atoms with Crippen LogP contribution in [0, 0.1) is 6.92 Å². The Morgan fingerprint density at radius 1 is 1.47 bits per heavy atom. The van der Waals surface area contributed by atoms with E-state index in [1.165, 1.54) is 11.3 Å². The monoisotopic (exact) mass is 247 g/mol. The SMILES string of the molecule is Cc1ccccc1C(=O)NCc1csc(N)n1. The van der Waals surface area contributed by atoms with Gasteiger partial charge in [-0.15, -0.1) is 11.3 Å². The minimum absolute atomic E-state index is 0.0883. The van der Waals surface area contributed by atoms with E-state index in [1.54, 1.807) is 6.07 Å². The summed E-state index contributed by atoms with van der Waals surface area (Å²) < 4.78 is 0. The zero-order chi connectivity index (χ0) is 12.3. The summed E-state index contributed by atoms with van der Waals surface area (Å²) in [6.07, 6.45) is 0. The topological polar surface area (TPSA) is 68.0 Å². The number of nitrogens with one attached hydrogen (secondary N) is 1. The first kappa shape index (κ1) is 11.6. The van der Waals surface area contributed by atoms with Crippen LogP contribution in [-0.2, 0) is 6.54 Å². The number of aryl methyl sites for hydroxylation is 1. The van der Waals surface area contributed by atoms with E-state index in [9.17, 15) is 4.79 Å². The number of hydrogen-bond acceptors (Lipinski definition) is 4. The van der Waals surface area contributed by atoms with E-state index in [0.717, 1.165) is 11.3 Å². The molecule has 88 valence electrons. The number of amides is 1. The maximum Gasteiger partial charge on any atom is 0.251 e. The second-order valence-electron chi connectivity index (χ2n) is 3.67. The fourth-order valence-electron chi connectivity index (χ4n) is 1.50. The first-order valence-electron chi connectivity index (χ1n) is 5.20. The summed E-state index contributed by atoms with van der Waals surface area (Å²) >= 11 is 1.37. The first-order chi connectivity index (χ1) is 8.16. The normalized spacial score (nSPS) is 10.2. The second kappa shape index (κ2) is 4.97. The molecule has 17 heavy (non-hydrogen) atoms. The van der Waals surface area contributed by atoms with Crippen LogP contribution in [-0.4, -0.2) is 10.9 Å². The van der Waals surface area contributed by atoms with E-state index in [2.05, 4.69) is 10.3 Å². The molecule has 0 spiro atoms. The Labute approximate surface area is 103 Å². The summed E-state index contributed by atoms with van der Waals surface area (Å²) in [5.41, 5.74) is 7.95. The smallest absolute Gasteiger partial charge is 0.251 e. The van der Waals surface area contributed by atoms with Gasteiger partial charge in [0.25, 0.3) is 5.91 Å². The highest BCUT2D eigenvalue weighted by Gasteiger charge is 2.08. The number of carbonyl (C=O) groups is 1. The molecule has 0 atom stereocenters. The standard InChI is InChI=1S/C12H13N3OS/c1-8-4-2-3-5-10(8)11(16)14-6-9-7-17-12(13)15-9/h2-5,7H,6H2,1H3,(H2,13,15)(H,14,16). The van der Waals surface area contributed by atoms with Gasteiger partial charge in [0.2, 0.25) is 0 Å². The number of nitrogens with two attached hydrogens (primary N) is 1. The first-order valence-corrected chi connectivity index (χ1v) is 6.08. The van der Waals surface area contributed by atoms with Crippen LogP contribution in [0.25, 0.3) is 0 Å². The number of nitrogen functional groups attached to an aromatic ring is 1. The minimum atomic E-state index is -0.0883. The van der Waals surface area contributed by atoms with Gasteiger partial charge in [-0.3, -0.25) is 4.79 Å². The van der Waals surface area contributed by atoms with Gasteiger partial charge < -0.3 is 11.1 Å². The fraction of sp³-hybridized carbons (Fsp3) is 0.167. The number of anilines is 1. The van der Waals surface area contributed by atoms with Crippen molar-refractivity contribution in [2.45, 2.75) is 13.5 Å². The molecule has 2 rings (SSSR count). The van der Waals surface area contributed by atoms with Crippen LogP contribution < -0.4 is 11.1 Å². The predicted molar refractivity (Wildman–Crippen MR) is 68.9 cm³/mol. The number of hydrogen-bond donors (Lipinski definition) is 2. The lowest BCUT2D eigenvalue weighted by Gasteiger charge is -2.05. The number of aromatic nitrogens is 1. The van der Waals surface area contributed by atoms with Gasteiger partial charge >= 0.3 is 0 Å². The number of rotatable bonds is 3. The predicted octanol–water partition coefficient (Wildman–Crippen LogP) is 1.96. The largest absolute Gasteiger partial charge is 0.375 e. The van der Waals surface area contributed by atoms with Crippen LogP contribution in [0.2, 0.25) is 0 Å². The van der Waals surface area contributed by atoms with E-state index in [0.29, 0.717) is 17.2 Å².